The molecule has 0 unspecified atom stereocenters. The molecule has 2 rings (SSSR count). The molecule has 0 saturated carbocycles. The van der Waals surface area contributed by atoms with E-state index in [-0.39, 0.29) is 17.2 Å². The van der Waals surface area contributed by atoms with Crippen LogP contribution in [0.5, 0.6) is 5.75 Å². The van der Waals surface area contributed by atoms with E-state index in [1.165, 1.54) is 31.4 Å². The monoisotopic (exact) mass is 384 g/mol. The minimum Gasteiger partial charge on any atom is -0.495 e. The average Bonchev–Trinajstić information content (AvgIpc) is 2.54. The van der Waals surface area contributed by atoms with Gasteiger partial charge in [0, 0.05) is 5.02 Å². The minimum absolute atomic E-state index is 0.0555. The van der Waals surface area contributed by atoms with Crippen LogP contribution in [0, 0.1) is 0 Å². The third-order valence-corrected chi connectivity index (χ3v) is 4.68. The quantitative estimate of drug-likeness (QED) is 0.791. The van der Waals surface area contributed by atoms with Gasteiger partial charge in [-0.1, -0.05) is 17.7 Å². The fraction of sp³-hybridized carbons (Fsp3) is 0.188. The van der Waals surface area contributed by atoms with Crippen molar-refractivity contribution in [1.82, 2.24) is 0 Å². The first-order valence-electron chi connectivity index (χ1n) is 7.26. The van der Waals surface area contributed by atoms with Gasteiger partial charge in [-0.25, -0.2) is 13.2 Å². The number of amides is 1. The van der Waals surface area contributed by atoms with Crippen LogP contribution < -0.4 is 14.8 Å². The van der Waals surface area contributed by atoms with Crippen LogP contribution in [-0.2, 0) is 14.8 Å². The van der Waals surface area contributed by atoms with Crippen LogP contribution in [0.4, 0.5) is 16.2 Å². The maximum Gasteiger partial charge on any atom is 0.411 e. The van der Waals surface area contributed by atoms with E-state index >= 15 is 0 Å². The molecule has 25 heavy (non-hydrogen) atoms. The number of ether oxygens (including phenoxy) is 2. The van der Waals surface area contributed by atoms with Crippen LogP contribution in [0.3, 0.4) is 0 Å². The van der Waals surface area contributed by atoms with Crippen molar-refractivity contribution in [2.45, 2.75) is 11.8 Å². The molecule has 2 N–H and O–H groups in total. The van der Waals surface area contributed by atoms with Gasteiger partial charge in [-0.2, -0.15) is 0 Å². The van der Waals surface area contributed by atoms with E-state index in [4.69, 9.17) is 21.1 Å². The SMILES string of the molecule is CCOC(=O)Nc1cc(S(=O)(=O)Nc2cccc(Cl)c2)ccc1OC. The Balaban J connectivity index is 2.32. The molecular weight excluding hydrogens is 368 g/mol. The largest absolute Gasteiger partial charge is 0.495 e. The van der Waals surface area contributed by atoms with Crippen molar-refractivity contribution in [3.8, 4) is 5.75 Å². The van der Waals surface area contributed by atoms with Crippen LogP contribution in [0.15, 0.2) is 47.4 Å². The van der Waals surface area contributed by atoms with Crippen LogP contribution in [0.2, 0.25) is 5.02 Å². The number of methoxy groups -OCH3 is 1. The maximum atomic E-state index is 12.5. The number of hydrogen-bond acceptors (Lipinski definition) is 5. The third-order valence-electron chi connectivity index (χ3n) is 3.07. The van der Waals surface area contributed by atoms with Crippen molar-refractivity contribution in [2.75, 3.05) is 23.8 Å². The molecule has 0 fully saturated rings. The summed E-state index contributed by atoms with van der Waals surface area (Å²) < 4.78 is 37.4. The summed E-state index contributed by atoms with van der Waals surface area (Å²) in [6, 6.07) is 10.4. The van der Waals surface area contributed by atoms with Gasteiger partial charge in [-0.05, 0) is 43.3 Å². The van der Waals surface area contributed by atoms with Gasteiger partial charge in [-0.3, -0.25) is 10.0 Å². The molecule has 1 amide bonds. The van der Waals surface area contributed by atoms with Crippen LogP contribution in [0.25, 0.3) is 0 Å². The molecular formula is C16H17ClN2O5S. The number of benzene rings is 2. The molecule has 9 heteroatoms. The van der Waals surface area contributed by atoms with Gasteiger partial charge in [0.15, 0.2) is 0 Å². The van der Waals surface area contributed by atoms with E-state index in [1.807, 2.05) is 0 Å². The fourth-order valence-electron chi connectivity index (χ4n) is 2.00. The topological polar surface area (TPSA) is 93.7 Å². The van der Waals surface area contributed by atoms with Gasteiger partial charge in [0.1, 0.15) is 5.75 Å². The fourth-order valence-corrected chi connectivity index (χ4v) is 3.26. The summed E-state index contributed by atoms with van der Waals surface area (Å²) in [5.41, 5.74) is 0.498. The minimum atomic E-state index is -3.88. The van der Waals surface area contributed by atoms with Crippen molar-refractivity contribution in [1.29, 1.82) is 0 Å². The molecule has 2 aromatic carbocycles. The molecule has 0 spiro atoms. The van der Waals surface area contributed by atoms with Crippen LogP contribution in [-0.4, -0.2) is 28.2 Å². The summed E-state index contributed by atoms with van der Waals surface area (Å²) in [4.78, 5) is 11.5. The first-order valence-corrected chi connectivity index (χ1v) is 9.12. The molecule has 0 aliphatic heterocycles. The lowest BCUT2D eigenvalue weighted by atomic mass is 10.3. The molecule has 0 heterocycles. The molecule has 0 aromatic heterocycles. The summed E-state index contributed by atoms with van der Waals surface area (Å²) in [5, 5.41) is 2.85. The Morgan fingerprint density at radius 1 is 1.20 bits per heavy atom. The first-order chi connectivity index (χ1) is 11.9. The zero-order valence-electron chi connectivity index (χ0n) is 13.6. The highest BCUT2D eigenvalue weighted by atomic mass is 35.5. The van der Waals surface area contributed by atoms with E-state index in [9.17, 15) is 13.2 Å². The number of anilines is 2. The highest BCUT2D eigenvalue weighted by Crippen LogP contribution is 2.29. The second-order valence-corrected chi connectivity index (χ2v) is 6.94. The van der Waals surface area contributed by atoms with Crippen molar-refractivity contribution in [3.05, 3.63) is 47.5 Å². The molecule has 2 aromatic rings. The predicted octanol–water partition coefficient (Wildman–Crippen LogP) is 3.72. The molecule has 7 nitrogen and oxygen atoms in total. The Kier molecular flexibility index (Phi) is 6.11. The summed E-state index contributed by atoms with van der Waals surface area (Å²) in [6.45, 7) is 1.84. The van der Waals surface area contributed by atoms with Gasteiger partial charge < -0.3 is 9.47 Å². The van der Waals surface area contributed by atoms with E-state index < -0.39 is 16.1 Å². The second kappa shape index (κ2) is 8.09. The molecule has 134 valence electrons. The Bertz CT molecular complexity index is 871. The molecule has 0 atom stereocenters. The highest BCUT2D eigenvalue weighted by molar-refractivity contribution is 7.92. The Morgan fingerprint density at radius 3 is 2.60 bits per heavy atom. The van der Waals surface area contributed by atoms with Gasteiger partial charge in [0.05, 0.1) is 30.0 Å². The molecule has 0 saturated heterocycles. The standard InChI is InChI=1S/C16H17ClN2O5S/c1-3-24-16(20)18-14-10-13(7-8-15(14)23-2)25(21,22)19-12-6-4-5-11(17)9-12/h4-10,19H,3H2,1-2H3,(H,18,20). The number of hydrogen-bond donors (Lipinski definition) is 2. The number of carbonyl (C=O) groups is 1. The van der Waals surface area contributed by atoms with Crippen molar-refractivity contribution in [2.24, 2.45) is 0 Å². The van der Waals surface area contributed by atoms with E-state index in [2.05, 4.69) is 10.0 Å². The number of nitrogens with one attached hydrogen (secondary N) is 2. The summed E-state index contributed by atoms with van der Waals surface area (Å²) in [7, 11) is -2.48. The van der Waals surface area contributed by atoms with Gasteiger partial charge >= 0.3 is 6.09 Å². The second-order valence-electron chi connectivity index (χ2n) is 4.82. The van der Waals surface area contributed by atoms with E-state index in [1.54, 1.807) is 25.1 Å². The van der Waals surface area contributed by atoms with Gasteiger partial charge in [0.25, 0.3) is 10.0 Å². The van der Waals surface area contributed by atoms with E-state index in [0.717, 1.165) is 0 Å². The van der Waals surface area contributed by atoms with E-state index in [0.29, 0.717) is 16.5 Å². The zero-order valence-corrected chi connectivity index (χ0v) is 15.1. The van der Waals surface area contributed by atoms with Crippen LogP contribution >= 0.6 is 11.6 Å². The number of carbonyl (C=O) groups excluding carboxylic acids is 1. The van der Waals surface area contributed by atoms with Gasteiger partial charge in [0.2, 0.25) is 0 Å². The third kappa shape index (κ3) is 5.01. The van der Waals surface area contributed by atoms with Crippen molar-refractivity contribution < 1.29 is 22.7 Å². The molecule has 0 aliphatic rings. The Morgan fingerprint density at radius 2 is 1.96 bits per heavy atom. The first kappa shape index (κ1) is 18.9. The molecule has 0 radical (unpaired) electrons. The Labute approximate surface area is 151 Å². The smallest absolute Gasteiger partial charge is 0.411 e. The zero-order chi connectivity index (χ0) is 18.4. The lowest BCUT2D eigenvalue weighted by molar-refractivity contribution is 0.168. The number of sulfonamides is 1. The molecule has 0 aliphatic carbocycles. The van der Waals surface area contributed by atoms with Crippen molar-refractivity contribution in [3.63, 3.8) is 0 Å². The number of halogens is 1. The maximum absolute atomic E-state index is 12.5. The Hall–Kier alpha value is -2.45. The number of rotatable bonds is 6. The predicted molar refractivity (Wildman–Crippen MR) is 95.9 cm³/mol. The molecule has 0 bridgehead atoms. The lowest BCUT2D eigenvalue weighted by Gasteiger charge is -2.13. The van der Waals surface area contributed by atoms with Crippen LogP contribution in [0.1, 0.15) is 6.92 Å². The highest BCUT2D eigenvalue weighted by Gasteiger charge is 2.18. The van der Waals surface area contributed by atoms with Crippen molar-refractivity contribution >= 4 is 39.1 Å². The summed E-state index contributed by atoms with van der Waals surface area (Å²) >= 11 is 5.86. The average molecular weight is 385 g/mol. The normalized spacial score (nSPS) is 10.8. The van der Waals surface area contributed by atoms with Gasteiger partial charge in [-0.15, -0.1) is 0 Å². The lowest BCUT2D eigenvalue weighted by Crippen LogP contribution is -2.16. The summed E-state index contributed by atoms with van der Waals surface area (Å²) in [5.74, 6) is 0.301. The summed E-state index contributed by atoms with van der Waals surface area (Å²) in [6.07, 6.45) is -0.710.